The summed E-state index contributed by atoms with van der Waals surface area (Å²) in [6, 6.07) is 17.7. The van der Waals surface area contributed by atoms with E-state index in [9.17, 15) is 24.6 Å². The van der Waals surface area contributed by atoms with Crippen molar-refractivity contribution in [1.82, 2.24) is 0 Å². The number of esters is 3. The van der Waals surface area contributed by atoms with Crippen LogP contribution in [0.4, 0.5) is 0 Å². The van der Waals surface area contributed by atoms with Crippen LogP contribution in [-0.4, -0.2) is 138 Å². The fourth-order valence-corrected chi connectivity index (χ4v) is 14.3. The molecule has 11 atom stereocenters. The molecule has 4 heterocycles. The quantitative estimate of drug-likeness (QED) is 0.0498. The van der Waals surface area contributed by atoms with Gasteiger partial charge in [0.05, 0.1) is 90.8 Å². The predicted molar refractivity (Wildman–Crippen MR) is 294 cm³/mol. The van der Waals surface area contributed by atoms with E-state index in [1.165, 1.54) is 26.4 Å². The largest absolute Gasteiger partial charge is 0.497 e. The second-order valence-corrected chi connectivity index (χ2v) is 27.2. The van der Waals surface area contributed by atoms with Crippen LogP contribution in [0, 0.1) is 10.8 Å². The molecule has 0 spiro atoms. The van der Waals surface area contributed by atoms with Crippen LogP contribution < -0.4 is 9.47 Å². The standard InChI is InChI=1S/C60H88O17Si/c1-14-78(15-2,16-3)77-49-32-48-34-52(72-38-41-19-23-45(67-10)24-20-41)58(7,8)59(70-13,75-48)36-50-28-42(29-53(61)68-11)27-46(73-50)25-26-57(5,6)60(65)56(64)43(31-54(62)69-12)30-47(76-60)33-51(74-55(63)35-49)39(4)71-37-40-17-21-44(66-9)22-18-40/h17-26,29,31,39,46-52,56,64-65H,14-16,27-28,30,32-38H2,1-13H3/b26-25-,42-29+,43-31+/t39-,46+,47+,48-,49-,50+,51-,52+,56+,59+,60-/m1/s1. The van der Waals surface area contributed by atoms with Crippen molar-refractivity contribution < 1.29 is 81.1 Å². The minimum atomic E-state index is -2.42. The summed E-state index contributed by atoms with van der Waals surface area (Å²) >= 11 is 0. The van der Waals surface area contributed by atoms with Crippen molar-refractivity contribution in [2.45, 2.75) is 205 Å². The van der Waals surface area contributed by atoms with Crippen molar-refractivity contribution in [2.24, 2.45) is 10.8 Å². The highest BCUT2D eigenvalue weighted by molar-refractivity contribution is 6.73. The Morgan fingerprint density at radius 2 is 1.36 bits per heavy atom. The van der Waals surface area contributed by atoms with Crippen molar-refractivity contribution in [3.63, 3.8) is 0 Å². The molecule has 434 valence electrons. The van der Waals surface area contributed by atoms with E-state index in [4.69, 9.17) is 56.5 Å². The second kappa shape index (κ2) is 27.3. The molecule has 78 heavy (non-hydrogen) atoms. The van der Waals surface area contributed by atoms with Gasteiger partial charge in [0.15, 0.2) is 14.1 Å². The molecule has 2 aromatic carbocycles. The van der Waals surface area contributed by atoms with E-state index in [1.54, 1.807) is 47.3 Å². The number of methoxy groups -OCH3 is 5. The summed E-state index contributed by atoms with van der Waals surface area (Å²) < 4.78 is 75.8. The van der Waals surface area contributed by atoms with Gasteiger partial charge in [0.1, 0.15) is 23.7 Å². The van der Waals surface area contributed by atoms with Crippen LogP contribution in [-0.2, 0) is 74.7 Å². The summed E-state index contributed by atoms with van der Waals surface area (Å²) in [7, 11) is 4.98. The Morgan fingerprint density at radius 1 is 0.756 bits per heavy atom. The molecule has 6 rings (SSSR count). The topological polar surface area (TPSA) is 202 Å². The number of hydrogen-bond acceptors (Lipinski definition) is 17. The van der Waals surface area contributed by atoms with Crippen LogP contribution in [0.3, 0.4) is 0 Å². The van der Waals surface area contributed by atoms with Crippen molar-refractivity contribution in [1.29, 1.82) is 0 Å². The summed E-state index contributed by atoms with van der Waals surface area (Å²) in [5.74, 6) is -4.10. The molecule has 6 bridgehead atoms. The third-order valence-corrected chi connectivity index (χ3v) is 21.5. The molecule has 2 N–H and O–H groups in total. The predicted octanol–water partition coefficient (Wildman–Crippen LogP) is 9.40. The Kier molecular flexibility index (Phi) is 22.0. The van der Waals surface area contributed by atoms with E-state index in [1.807, 2.05) is 55.5 Å². The Bertz CT molecular complexity index is 2370. The smallest absolute Gasteiger partial charge is 0.330 e. The molecule has 0 aromatic heterocycles. The molecule has 3 saturated heterocycles. The highest BCUT2D eigenvalue weighted by Crippen LogP contribution is 2.52. The van der Waals surface area contributed by atoms with Gasteiger partial charge < -0.3 is 66.7 Å². The van der Waals surface area contributed by atoms with E-state index < -0.39 is 104 Å². The number of hydrogen-bond donors (Lipinski definition) is 2. The fraction of sp³-hybridized carbons (Fsp3) is 0.650. The second-order valence-electron chi connectivity index (χ2n) is 22.5. The molecule has 3 fully saturated rings. The molecule has 0 radical (unpaired) electrons. The maximum Gasteiger partial charge on any atom is 0.330 e. The first-order valence-corrected chi connectivity index (χ1v) is 30.1. The van der Waals surface area contributed by atoms with Crippen LogP contribution in [0.2, 0.25) is 18.1 Å². The first-order chi connectivity index (χ1) is 37.0. The SMILES string of the molecule is CC[Si](CC)(CC)O[C@H]1CC(=O)O[C@@H]([C@@H](C)OCc2ccc(OC)cc2)C[C@@H]2C/C(=C\C(=O)OC)[C@H](O)[C@@](O)(O2)C(C)(C)/C=C\[C@H]2C/C(=C\C(=O)OC)C[C@@H](C[C@]3(OC)O[C@H](C1)C[C@H](OCc1ccc(OC)cc1)C3(C)C)O2. The van der Waals surface area contributed by atoms with Crippen LogP contribution in [0.1, 0.15) is 118 Å². The molecule has 0 amide bonds. The highest BCUT2D eigenvalue weighted by Gasteiger charge is 2.59. The van der Waals surface area contributed by atoms with Gasteiger partial charge in [-0.25, -0.2) is 9.59 Å². The average molecular weight is 1110 g/mol. The maximum absolute atomic E-state index is 14.9. The number of fused-ring (bicyclic) bond motifs is 6. The average Bonchev–Trinajstić information content (AvgIpc) is 3.62. The number of aliphatic hydroxyl groups excluding tert-OH is 1. The van der Waals surface area contributed by atoms with Gasteiger partial charge in [0.2, 0.25) is 5.79 Å². The number of cyclic esters (lactones) is 1. The van der Waals surface area contributed by atoms with E-state index in [0.717, 1.165) is 40.6 Å². The molecule has 0 saturated carbocycles. The monoisotopic (exact) mass is 1110 g/mol. The zero-order valence-corrected chi connectivity index (χ0v) is 49.3. The van der Waals surface area contributed by atoms with Gasteiger partial charge in [-0.1, -0.05) is 90.5 Å². The van der Waals surface area contributed by atoms with Crippen LogP contribution in [0.5, 0.6) is 11.5 Å². The van der Waals surface area contributed by atoms with E-state index >= 15 is 0 Å². The zero-order valence-electron chi connectivity index (χ0n) is 48.3. The lowest BCUT2D eigenvalue weighted by Gasteiger charge is -2.56. The molecule has 18 heteroatoms. The minimum Gasteiger partial charge on any atom is -0.497 e. The molecule has 2 aromatic rings. The number of carbonyl (C=O) groups excluding carboxylic acids is 3. The summed E-state index contributed by atoms with van der Waals surface area (Å²) in [6.45, 7) is 16.2. The zero-order chi connectivity index (χ0) is 57.1. The van der Waals surface area contributed by atoms with Gasteiger partial charge in [-0.2, -0.15) is 0 Å². The van der Waals surface area contributed by atoms with Gasteiger partial charge in [0.25, 0.3) is 0 Å². The first-order valence-electron chi connectivity index (χ1n) is 27.6. The van der Waals surface area contributed by atoms with Gasteiger partial charge in [-0.3, -0.25) is 4.79 Å². The summed E-state index contributed by atoms with van der Waals surface area (Å²) in [5, 5.41) is 25.0. The highest BCUT2D eigenvalue weighted by atomic mass is 28.4. The Hall–Kier alpha value is -4.47. The Morgan fingerprint density at radius 3 is 1.94 bits per heavy atom. The lowest BCUT2D eigenvalue weighted by molar-refractivity contribution is -0.362. The fourth-order valence-electron chi connectivity index (χ4n) is 11.5. The number of rotatable bonds is 17. The van der Waals surface area contributed by atoms with Crippen molar-refractivity contribution in [2.75, 3.05) is 35.5 Å². The first kappa shape index (κ1) is 62.7. The lowest BCUT2D eigenvalue weighted by atomic mass is 9.70. The molecule has 0 aliphatic carbocycles. The maximum atomic E-state index is 14.9. The van der Waals surface area contributed by atoms with Crippen molar-refractivity contribution in [3.05, 3.63) is 95.1 Å². The van der Waals surface area contributed by atoms with Crippen LogP contribution >= 0.6 is 0 Å². The number of carbonyl (C=O) groups is 3. The molecule has 4 aliphatic heterocycles. The van der Waals surface area contributed by atoms with Crippen molar-refractivity contribution >= 4 is 26.2 Å². The van der Waals surface area contributed by atoms with Gasteiger partial charge in [0, 0.05) is 49.4 Å². The van der Waals surface area contributed by atoms with Crippen LogP contribution in [0.25, 0.3) is 0 Å². The van der Waals surface area contributed by atoms with Crippen LogP contribution in [0.15, 0.2) is 84.0 Å². The molecular weight excluding hydrogens is 1020 g/mol. The Labute approximate surface area is 463 Å². The van der Waals surface area contributed by atoms with Gasteiger partial charge in [-0.15, -0.1) is 0 Å². The van der Waals surface area contributed by atoms with Crippen molar-refractivity contribution in [3.8, 4) is 11.5 Å². The summed E-state index contributed by atoms with van der Waals surface area (Å²) in [5.41, 5.74) is 0.503. The summed E-state index contributed by atoms with van der Waals surface area (Å²) in [4.78, 5) is 40.8. The molecule has 0 unspecified atom stereocenters. The third-order valence-electron chi connectivity index (χ3n) is 16.8. The third kappa shape index (κ3) is 15.1. The molecule has 4 aliphatic rings. The normalized spacial score (nSPS) is 31.6. The summed E-state index contributed by atoms with van der Waals surface area (Å²) in [6.07, 6.45) is 0.319. The number of aliphatic hydroxyl groups is 2. The van der Waals surface area contributed by atoms with E-state index in [2.05, 4.69) is 34.6 Å². The molecular formula is C60H88O17Si. The van der Waals surface area contributed by atoms with Gasteiger partial charge in [-0.05, 0) is 91.7 Å². The van der Waals surface area contributed by atoms with Gasteiger partial charge >= 0.3 is 17.9 Å². The van der Waals surface area contributed by atoms with E-state index in [-0.39, 0.29) is 44.5 Å². The number of ether oxygens (including phenoxy) is 11. The lowest BCUT2D eigenvalue weighted by Crippen LogP contribution is -2.63. The Balaban J connectivity index is 1.49. The minimum absolute atomic E-state index is 0.00849. The van der Waals surface area contributed by atoms with E-state index in [0.29, 0.717) is 31.4 Å². The number of benzene rings is 2. The molecule has 17 nitrogen and oxygen atoms in total.